The number of hydrogen-bond acceptors (Lipinski definition) is 5. The Labute approximate surface area is 195 Å². The summed E-state index contributed by atoms with van der Waals surface area (Å²) in [6.07, 6.45) is -1.68. The van der Waals surface area contributed by atoms with Gasteiger partial charge in [-0.15, -0.1) is 11.8 Å². The van der Waals surface area contributed by atoms with Crippen molar-refractivity contribution in [3.8, 4) is 22.6 Å². The minimum Gasteiger partial charge on any atom is -0.326 e. The number of benzene rings is 1. The van der Waals surface area contributed by atoms with E-state index in [4.69, 9.17) is 16.7 Å². The van der Waals surface area contributed by atoms with E-state index in [0.717, 1.165) is 23.1 Å². The Balaban J connectivity index is 1.76. The van der Waals surface area contributed by atoms with Gasteiger partial charge in [-0.3, -0.25) is 0 Å². The van der Waals surface area contributed by atoms with Gasteiger partial charge in [0.05, 0.1) is 28.5 Å². The highest BCUT2D eigenvalue weighted by Crippen LogP contribution is 2.37. The number of aryl methyl sites for hydroxylation is 1. The molecule has 0 fully saturated rings. The van der Waals surface area contributed by atoms with Gasteiger partial charge in [-0.1, -0.05) is 30.7 Å². The van der Waals surface area contributed by atoms with Crippen LogP contribution in [0.5, 0.6) is 0 Å². The van der Waals surface area contributed by atoms with Crippen molar-refractivity contribution in [1.82, 2.24) is 29.1 Å². The number of fused-ring (bicyclic) bond motifs is 2. The maximum atomic E-state index is 13.2. The highest BCUT2D eigenvalue weighted by molar-refractivity contribution is 7.99. The van der Waals surface area contributed by atoms with Gasteiger partial charge < -0.3 is 4.57 Å². The molecule has 5 aromatic rings. The van der Waals surface area contributed by atoms with E-state index >= 15 is 0 Å². The Kier molecular flexibility index (Phi) is 5.29. The summed E-state index contributed by atoms with van der Waals surface area (Å²) in [6, 6.07) is 10.2. The van der Waals surface area contributed by atoms with Gasteiger partial charge in [0.25, 0.3) is 0 Å². The molecule has 4 aromatic heterocycles. The summed E-state index contributed by atoms with van der Waals surface area (Å²) in [5.74, 6) is 1.22. The number of imidazole rings is 1. The van der Waals surface area contributed by atoms with Crippen molar-refractivity contribution in [3.05, 3.63) is 59.5 Å². The monoisotopic (exact) mass is 488 g/mol. The lowest BCUT2D eigenvalue weighted by atomic mass is 10.1. The van der Waals surface area contributed by atoms with E-state index in [2.05, 4.69) is 15.0 Å². The molecule has 4 heterocycles. The molecule has 0 saturated carbocycles. The van der Waals surface area contributed by atoms with Crippen molar-refractivity contribution in [2.75, 3.05) is 5.75 Å². The van der Waals surface area contributed by atoms with Crippen molar-refractivity contribution in [2.45, 2.75) is 18.1 Å². The van der Waals surface area contributed by atoms with Crippen molar-refractivity contribution in [3.63, 3.8) is 0 Å². The molecule has 11 heteroatoms. The molecule has 168 valence electrons. The number of thioether (sulfide) groups is 1. The summed E-state index contributed by atoms with van der Waals surface area (Å²) in [4.78, 5) is 12.7. The first-order valence-corrected chi connectivity index (χ1v) is 11.3. The molecule has 0 amide bonds. The second-order valence-electron chi connectivity index (χ2n) is 7.24. The molecule has 0 aliphatic heterocycles. The summed E-state index contributed by atoms with van der Waals surface area (Å²) in [5, 5.41) is 6.09. The fraction of sp³-hybridized carbons (Fsp3) is 0.182. The van der Waals surface area contributed by atoms with Gasteiger partial charge >= 0.3 is 6.18 Å². The van der Waals surface area contributed by atoms with E-state index in [1.807, 2.05) is 25.1 Å². The van der Waals surface area contributed by atoms with Crippen LogP contribution in [0.3, 0.4) is 0 Å². The van der Waals surface area contributed by atoms with Crippen molar-refractivity contribution in [2.24, 2.45) is 7.05 Å². The first-order valence-electron chi connectivity index (χ1n) is 9.94. The van der Waals surface area contributed by atoms with Crippen LogP contribution >= 0.6 is 23.4 Å². The molecule has 0 aliphatic rings. The number of aromatic nitrogens is 6. The summed E-state index contributed by atoms with van der Waals surface area (Å²) in [7, 11) is 1.74. The van der Waals surface area contributed by atoms with Crippen molar-refractivity contribution >= 4 is 40.0 Å². The van der Waals surface area contributed by atoms with E-state index in [1.165, 1.54) is 18.0 Å². The van der Waals surface area contributed by atoms with Crippen molar-refractivity contribution in [1.29, 1.82) is 0 Å². The third kappa shape index (κ3) is 3.72. The fourth-order valence-corrected chi connectivity index (χ4v) is 4.53. The van der Waals surface area contributed by atoms with E-state index in [9.17, 15) is 13.2 Å². The number of halogens is 4. The van der Waals surface area contributed by atoms with Gasteiger partial charge in [0.2, 0.25) is 0 Å². The van der Waals surface area contributed by atoms with Crippen LogP contribution in [0.15, 0.2) is 53.8 Å². The normalized spacial score (nSPS) is 12.2. The zero-order chi connectivity index (χ0) is 23.3. The summed E-state index contributed by atoms with van der Waals surface area (Å²) in [5.41, 5.74) is 2.63. The number of hydrogen-bond donors (Lipinski definition) is 0. The Bertz CT molecular complexity index is 1490. The highest BCUT2D eigenvalue weighted by Gasteiger charge is 2.33. The largest absolute Gasteiger partial charge is 0.433 e. The first kappa shape index (κ1) is 21.7. The van der Waals surface area contributed by atoms with Crippen LogP contribution < -0.4 is 0 Å². The number of pyridine rings is 1. The smallest absolute Gasteiger partial charge is 0.326 e. The standard InChI is InChI=1S/C22H16ClF3N6S/c1-3-33-21-18(20-29-14-10-17(22(24,25)26)28-11-16(14)31(20)2)19-27-9-8-15(32(19)30-21)12-4-6-13(23)7-5-12/h4-11H,3H2,1-2H3. The van der Waals surface area contributed by atoms with Gasteiger partial charge in [0, 0.05) is 23.8 Å². The van der Waals surface area contributed by atoms with Crippen LogP contribution in [-0.2, 0) is 13.2 Å². The zero-order valence-electron chi connectivity index (χ0n) is 17.4. The Morgan fingerprint density at radius 3 is 2.55 bits per heavy atom. The molecule has 5 rings (SSSR count). The summed E-state index contributed by atoms with van der Waals surface area (Å²) >= 11 is 7.55. The van der Waals surface area contributed by atoms with Crippen LogP contribution in [0.2, 0.25) is 5.02 Å². The van der Waals surface area contributed by atoms with Gasteiger partial charge in [-0.05, 0) is 30.0 Å². The topological polar surface area (TPSA) is 60.9 Å². The third-order valence-corrected chi connectivity index (χ3v) is 6.29. The number of alkyl halides is 3. The van der Waals surface area contributed by atoms with Crippen LogP contribution in [0.1, 0.15) is 12.6 Å². The molecule has 0 saturated heterocycles. The Morgan fingerprint density at radius 1 is 1.09 bits per heavy atom. The number of rotatable bonds is 4. The lowest BCUT2D eigenvalue weighted by molar-refractivity contribution is -0.141. The molecule has 0 atom stereocenters. The molecule has 33 heavy (non-hydrogen) atoms. The van der Waals surface area contributed by atoms with Gasteiger partial charge in [-0.25, -0.2) is 19.5 Å². The first-order chi connectivity index (χ1) is 15.8. The molecular formula is C22H16ClF3N6S. The number of nitrogens with zero attached hydrogens (tertiary/aromatic N) is 6. The lowest BCUT2D eigenvalue weighted by Gasteiger charge is -2.06. The average molecular weight is 489 g/mol. The van der Waals surface area contributed by atoms with Crippen LogP contribution in [0.4, 0.5) is 13.2 Å². The van der Waals surface area contributed by atoms with Crippen LogP contribution in [0.25, 0.3) is 39.3 Å². The molecule has 0 N–H and O–H groups in total. The minimum atomic E-state index is -4.55. The van der Waals surface area contributed by atoms with Crippen LogP contribution in [0, 0.1) is 0 Å². The fourth-order valence-electron chi connectivity index (χ4n) is 3.67. The Hall–Kier alpha value is -3.11. The average Bonchev–Trinajstić information content (AvgIpc) is 3.30. The van der Waals surface area contributed by atoms with Gasteiger partial charge in [0.1, 0.15) is 16.5 Å². The van der Waals surface area contributed by atoms with Crippen molar-refractivity contribution < 1.29 is 13.2 Å². The lowest BCUT2D eigenvalue weighted by Crippen LogP contribution is -2.07. The summed E-state index contributed by atoms with van der Waals surface area (Å²) in [6.45, 7) is 2.00. The van der Waals surface area contributed by atoms with E-state index in [-0.39, 0.29) is 5.52 Å². The molecular weight excluding hydrogens is 473 g/mol. The van der Waals surface area contributed by atoms with Gasteiger partial charge in [0.15, 0.2) is 5.65 Å². The van der Waals surface area contributed by atoms with E-state index in [1.54, 1.807) is 34.5 Å². The minimum absolute atomic E-state index is 0.204. The molecule has 0 aliphatic carbocycles. The predicted octanol–water partition coefficient (Wildman–Crippen LogP) is 6.13. The predicted molar refractivity (Wildman–Crippen MR) is 122 cm³/mol. The molecule has 0 radical (unpaired) electrons. The second kappa shape index (κ2) is 8.03. The Morgan fingerprint density at radius 2 is 1.85 bits per heavy atom. The molecule has 1 aromatic carbocycles. The zero-order valence-corrected chi connectivity index (χ0v) is 19.0. The molecule has 0 spiro atoms. The molecule has 6 nitrogen and oxygen atoms in total. The van der Waals surface area contributed by atoms with Crippen LogP contribution in [-0.4, -0.2) is 34.9 Å². The maximum absolute atomic E-state index is 13.2. The maximum Gasteiger partial charge on any atom is 0.433 e. The quantitative estimate of drug-likeness (QED) is 0.285. The summed E-state index contributed by atoms with van der Waals surface area (Å²) < 4.78 is 43.0. The van der Waals surface area contributed by atoms with E-state index < -0.39 is 11.9 Å². The highest BCUT2D eigenvalue weighted by atomic mass is 35.5. The van der Waals surface area contributed by atoms with Gasteiger partial charge in [-0.2, -0.15) is 18.3 Å². The third-order valence-electron chi connectivity index (χ3n) is 5.19. The molecule has 0 bridgehead atoms. The van der Waals surface area contributed by atoms with E-state index in [0.29, 0.717) is 32.6 Å². The SMILES string of the molecule is CCSc1nn2c(-c3ccc(Cl)cc3)ccnc2c1-c1nc2cc(C(F)(F)F)ncc2n1C. The second-order valence-corrected chi connectivity index (χ2v) is 8.93. The molecule has 0 unspecified atom stereocenters.